The molecule has 2 heterocycles. The van der Waals surface area contributed by atoms with E-state index in [4.69, 9.17) is 4.74 Å². The molecule has 2 aromatic rings. The quantitative estimate of drug-likeness (QED) is 0.922. The molecule has 0 unspecified atom stereocenters. The Hall–Kier alpha value is -2.15. The molecule has 0 aliphatic heterocycles. The molecule has 0 saturated carbocycles. The number of nitrogens with zero attached hydrogens (tertiary/aromatic N) is 2. The van der Waals surface area contributed by atoms with E-state index in [0.717, 1.165) is 0 Å². The molecule has 0 spiro atoms. The number of sulfone groups is 1. The number of methoxy groups -OCH3 is 1. The molecule has 1 N–H and O–H groups in total. The Morgan fingerprint density at radius 1 is 1.25 bits per heavy atom. The number of pyridine rings is 2. The van der Waals surface area contributed by atoms with Gasteiger partial charge in [-0.3, -0.25) is 4.98 Å². The third kappa shape index (κ3) is 2.72. The minimum atomic E-state index is -3.43. The molecule has 2 aromatic heterocycles. The molecular weight excluding hydrogens is 280 g/mol. The summed E-state index contributed by atoms with van der Waals surface area (Å²) in [5, 5.41) is 9.26. The van der Waals surface area contributed by atoms with Gasteiger partial charge in [-0.15, -0.1) is 0 Å². The minimum absolute atomic E-state index is 0.00895. The Labute approximate surface area is 117 Å². The van der Waals surface area contributed by atoms with Crippen LogP contribution in [0.5, 0.6) is 11.6 Å². The van der Waals surface area contributed by atoms with E-state index in [1.807, 2.05) is 0 Å². The normalized spacial score (nSPS) is 11.3. The van der Waals surface area contributed by atoms with Crippen molar-refractivity contribution in [2.24, 2.45) is 0 Å². The van der Waals surface area contributed by atoms with Crippen molar-refractivity contribution in [3.63, 3.8) is 0 Å². The van der Waals surface area contributed by atoms with Gasteiger partial charge in [0.05, 0.1) is 35.8 Å². The molecule has 0 fully saturated rings. The first-order chi connectivity index (χ1) is 9.47. The molecule has 0 aliphatic rings. The predicted octanol–water partition coefficient (Wildman–Crippen LogP) is 1.65. The van der Waals surface area contributed by atoms with Gasteiger partial charge in [0.1, 0.15) is 5.75 Å². The van der Waals surface area contributed by atoms with Gasteiger partial charge in [0.25, 0.3) is 0 Å². The van der Waals surface area contributed by atoms with Crippen LogP contribution in [-0.4, -0.2) is 36.4 Å². The summed E-state index contributed by atoms with van der Waals surface area (Å²) >= 11 is 0. The standard InChI is InChI=1S/C13H14N2O4S/c1-3-20(17,18)12-8-15-13(19-2)6-10(12)11-5-4-9(16)7-14-11/h4-8,16H,3H2,1-2H3. The van der Waals surface area contributed by atoms with E-state index < -0.39 is 9.84 Å². The summed E-state index contributed by atoms with van der Waals surface area (Å²) in [5.74, 6) is 0.270. The van der Waals surface area contributed by atoms with Crippen molar-refractivity contribution in [2.45, 2.75) is 11.8 Å². The van der Waals surface area contributed by atoms with Gasteiger partial charge in [-0.2, -0.15) is 0 Å². The Bertz CT molecular complexity index is 712. The summed E-state index contributed by atoms with van der Waals surface area (Å²) in [4.78, 5) is 8.07. The lowest BCUT2D eigenvalue weighted by Gasteiger charge is -2.10. The van der Waals surface area contributed by atoms with Crippen molar-refractivity contribution in [3.8, 4) is 22.9 Å². The second kappa shape index (κ2) is 5.46. The van der Waals surface area contributed by atoms with Crippen LogP contribution in [0.4, 0.5) is 0 Å². The first kappa shape index (κ1) is 14.3. The van der Waals surface area contributed by atoms with Crippen LogP contribution in [0.25, 0.3) is 11.3 Å². The van der Waals surface area contributed by atoms with Crippen LogP contribution in [-0.2, 0) is 9.84 Å². The van der Waals surface area contributed by atoms with E-state index in [-0.39, 0.29) is 16.4 Å². The Kier molecular flexibility index (Phi) is 3.89. The van der Waals surface area contributed by atoms with Gasteiger partial charge in [-0.25, -0.2) is 13.4 Å². The van der Waals surface area contributed by atoms with Crippen molar-refractivity contribution in [1.29, 1.82) is 0 Å². The molecule has 0 saturated heterocycles. The lowest BCUT2D eigenvalue weighted by atomic mass is 10.2. The lowest BCUT2D eigenvalue weighted by Crippen LogP contribution is -2.07. The second-order valence-corrected chi connectivity index (χ2v) is 6.27. The minimum Gasteiger partial charge on any atom is -0.506 e. The molecular formula is C13H14N2O4S. The Morgan fingerprint density at radius 2 is 2.00 bits per heavy atom. The number of aromatic nitrogens is 2. The van der Waals surface area contributed by atoms with E-state index in [9.17, 15) is 13.5 Å². The fourth-order valence-corrected chi connectivity index (χ4v) is 2.71. The number of aromatic hydroxyl groups is 1. The van der Waals surface area contributed by atoms with Crippen LogP contribution in [0.3, 0.4) is 0 Å². The maximum absolute atomic E-state index is 12.1. The van der Waals surface area contributed by atoms with Crippen molar-refractivity contribution < 1.29 is 18.3 Å². The van der Waals surface area contributed by atoms with Gasteiger partial charge in [-0.1, -0.05) is 6.92 Å². The summed E-state index contributed by atoms with van der Waals surface area (Å²) in [5.41, 5.74) is 0.828. The van der Waals surface area contributed by atoms with Crippen LogP contribution in [0.15, 0.2) is 35.5 Å². The van der Waals surface area contributed by atoms with Gasteiger partial charge in [-0.05, 0) is 12.1 Å². The monoisotopic (exact) mass is 294 g/mol. The highest BCUT2D eigenvalue weighted by Gasteiger charge is 2.20. The summed E-state index contributed by atoms with van der Waals surface area (Å²) < 4.78 is 29.2. The van der Waals surface area contributed by atoms with Gasteiger partial charge in [0.2, 0.25) is 5.88 Å². The summed E-state index contributed by atoms with van der Waals surface area (Å²) in [6, 6.07) is 4.50. The molecule has 0 aromatic carbocycles. The molecule has 106 valence electrons. The van der Waals surface area contributed by atoms with E-state index >= 15 is 0 Å². The Balaban J connectivity index is 2.68. The van der Waals surface area contributed by atoms with Crippen LogP contribution in [0.1, 0.15) is 6.92 Å². The first-order valence-electron chi connectivity index (χ1n) is 5.90. The van der Waals surface area contributed by atoms with E-state index in [2.05, 4.69) is 9.97 Å². The number of hydrogen-bond donors (Lipinski definition) is 1. The second-order valence-electron chi connectivity index (χ2n) is 4.03. The van der Waals surface area contributed by atoms with Crippen LogP contribution < -0.4 is 4.74 Å². The van der Waals surface area contributed by atoms with Gasteiger partial charge >= 0.3 is 0 Å². The highest BCUT2D eigenvalue weighted by Crippen LogP contribution is 2.29. The first-order valence-corrected chi connectivity index (χ1v) is 7.55. The van der Waals surface area contributed by atoms with Crippen molar-refractivity contribution in [3.05, 3.63) is 30.6 Å². The summed E-state index contributed by atoms with van der Waals surface area (Å²) in [7, 11) is -1.98. The third-order valence-electron chi connectivity index (χ3n) is 2.79. The van der Waals surface area contributed by atoms with Crippen LogP contribution in [0.2, 0.25) is 0 Å². The van der Waals surface area contributed by atoms with Crippen LogP contribution >= 0.6 is 0 Å². The number of ether oxygens (including phenoxy) is 1. The van der Waals surface area contributed by atoms with Gasteiger partial charge in [0, 0.05) is 11.6 Å². The third-order valence-corrected chi connectivity index (χ3v) is 4.55. The molecule has 7 heteroatoms. The molecule has 20 heavy (non-hydrogen) atoms. The van der Waals surface area contributed by atoms with Crippen molar-refractivity contribution >= 4 is 9.84 Å². The molecule has 0 bridgehead atoms. The SMILES string of the molecule is CCS(=O)(=O)c1cnc(OC)cc1-c1ccc(O)cn1. The van der Waals surface area contributed by atoms with E-state index in [1.165, 1.54) is 31.6 Å². The molecule has 2 rings (SSSR count). The zero-order chi connectivity index (χ0) is 14.8. The largest absolute Gasteiger partial charge is 0.506 e. The molecule has 0 radical (unpaired) electrons. The molecule has 6 nitrogen and oxygen atoms in total. The van der Waals surface area contributed by atoms with Gasteiger partial charge in [0.15, 0.2) is 9.84 Å². The van der Waals surface area contributed by atoms with E-state index in [1.54, 1.807) is 13.0 Å². The topological polar surface area (TPSA) is 89.4 Å². The van der Waals surface area contributed by atoms with Crippen molar-refractivity contribution in [2.75, 3.05) is 12.9 Å². The maximum atomic E-state index is 12.1. The fourth-order valence-electron chi connectivity index (χ4n) is 1.68. The number of rotatable bonds is 4. The van der Waals surface area contributed by atoms with Crippen molar-refractivity contribution in [1.82, 2.24) is 9.97 Å². The molecule has 0 atom stereocenters. The molecule has 0 aliphatic carbocycles. The van der Waals surface area contributed by atoms with Gasteiger partial charge < -0.3 is 9.84 Å². The lowest BCUT2D eigenvalue weighted by molar-refractivity contribution is 0.397. The molecule has 0 amide bonds. The smallest absolute Gasteiger partial charge is 0.213 e. The Morgan fingerprint density at radius 3 is 2.55 bits per heavy atom. The maximum Gasteiger partial charge on any atom is 0.213 e. The average Bonchev–Trinajstić information content (AvgIpc) is 2.47. The number of hydrogen-bond acceptors (Lipinski definition) is 6. The van der Waals surface area contributed by atoms with E-state index in [0.29, 0.717) is 17.1 Å². The predicted molar refractivity (Wildman–Crippen MR) is 73.4 cm³/mol. The highest BCUT2D eigenvalue weighted by atomic mass is 32.2. The highest BCUT2D eigenvalue weighted by molar-refractivity contribution is 7.91. The summed E-state index contributed by atoms with van der Waals surface area (Å²) in [6.45, 7) is 1.56. The zero-order valence-electron chi connectivity index (χ0n) is 11.1. The van der Waals surface area contributed by atoms with Crippen LogP contribution in [0, 0.1) is 0 Å². The zero-order valence-corrected chi connectivity index (χ0v) is 11.9. The fraction of sp³-hybridized carbons (Fsp3) is 0.231. The summed E-state index contributed by atoms with van der Waals surface area (Å²) in [6.07, 6.45) is 2.52. The average molecular weight is 294 g/mol.